The van der Waals surface area contributed by atoms with Gasteiger partial charge in [0.15, 0.2) is 0 Å². The Morgan fingerprint density at radius 1 is 1.53 bits per heavy atom. The first-order chi connectivity index (χ1) is 6.84. The Kier molecular flexibility index (Phi) is 4.35. The number of hydrogen-bond acceptors (Lipinski definition) is 3. The van der Waals surface area contributed by atoms with Crippen molar-refractivity contribution in [2.75, 3.05) is 14.1 Å². The van der Waals surface area contributed by atoms with Crippen LogP contribution in [0.5, 0.6) is 0 Å². The summed E-state index contributed by atoms with van der Waals surface area (Å²) >= 11 is 5.22. The van der Waals surface area contributed by atoms with Crippen LogP contribution in [0.3, 0.4) is 0 Å². The summed E-state index contributed by atoms with van der Waals surface area (Å²) in [5.41, 5.74) is 6.27. The minimum Gasteiger partial charge on any atom is -0.326 e. The van der Waals surface area contributed by atoms with Gasteiger partial charge in [0.2, 0.25) is 0 Å². The summed E-state index contributed by atoms with van der Waals surface area (Å²) in [7, 11) is 4.15. The first-order valence-electron chi connectivity index (χ1n) is 5.00. The van der Waals surface area contributed by atoms with Gasteiger partial charge in [0.25, 0.3) is 0 Å². The van der Waals surface area contributed by atoms with Gasteiger partial charge in [-0.3, -0.25) is 0 Å². The van der Waals surface area contributed by atoms with Crippen molar-refractivity contribution in [2.24, 2.45) is 5.73 Å². The van der Waals surface area contributed by atoms with E-state index in [4.69, 9.17) is 5.73 Å². The molecule has 0 aliphatic carbocycles. The number of likely N-dealkylation sites (N-methyl/N-ethyl adjacent to an activating group) is 1. The molecule has 1 atom stereocenters. The zero-order chi connectivity index (χ0) is 11.6. The summed E-state index contributed by atoms with van der Waals surface area (Å²) < 4.78 is 1.15. The molecule has 0 bridgehead atoms. The largest absolute Gasteiger partial charge is 0.326 e. The third kappa shape index (κ3) is 3.28. The number of nitrogens with zero attached hydrogens (tertiary/aromatic N) is 1. The van der Waals surface area contributed by atoms with Crippen molar-refractivity contribution in [3.05, 3.63) is 20.8 Å². The highest BCUT2D eigenvalue weighted by atomic mass is 79.9. The topological polar surface area (TPSA) is 29.3 Å². The molecule has 0 aliphatic heterocycles. The van der Waals surface area contributed by atoms with E-state index in [0.29, 0.717) is 0 Å². The molecule has 1 unspecified atom stereocenters. The van der Waals surface area contributed by atoms with Crippen molar-refractivity contribution < 1.29 is 0 Å². The molecule has 1 aromatic heterocycles. The smallest absolute Gasteiger partial charge is 0.0301 e. The maximum Gasteiger partial charge on any atom is 0.0301 e. The predicted octanol–water partition coefficient (Wildman–Crippen LogP) is 2.72. The van der Waals surface area contributed by atoms with E-state index in [1.807, 2.05) is 0 Å². The van der Waals surface area contributed by atoms with Gasteiger partial charge in [0, 0.05) is 26.3 Å². The second-order valence-corrected chi connectivity index (χ2v) is 6.50. The molecule has 15 heavy (non-hydrogen) atoms. The van der Waals surface area contributed by atoms with Gasteiger partial charge in [0.1, 0.15) is 0 Å². The fourth-order valence-electron chi connectivity index (χ4n) is 1.26. The summed E-state index contributed by atoms with van der Waals surface area (Å²) in [4.78, 5) is 3.52. The van der Waals surface area contributed by atoms with E-state index in [1.54, 1.807) is 11.3 Å². The molecule has 0 aromatic carbocycles. The summed E-state index contributed by atoms with van der Waals surface area (Å²) in [6.07, 6.45) is 0.932. The molecule has 0 saturated carbocycles. The predicted molar refractivity (Wildman–Crippen MR) is 71.5 cm³/mol. The molecule has 0 saturated heterocycles. The lowest BCUT2D eigenvalue weighted by Crippen LogP contribution is -2.53. The molecule has 2 nitrogen and oxygen atoms in total. The number of hydrogen-bond donors (Lipinski definition) is 1. The van der Waals surface area contributed by atoms with Gasteiger partial charge in [-0.25, -0.2) is 0 Å². The Morgan fingerprint density at radius 2 is 2.13 bits per heavy atom. The molecule has 0 radical (unpaired) electrons. The highest BCUT2D eigenvalue weighted by Gasteiger charge is 2.28. The summed E-state index contributed by atoms with van der Waals surface area (Å²) in [6.45, 7) is 4.36. The average Bonchev–Trinajstić information content (AvgIpc) is 2.50. The Hall–Kier alpha value is 0.1000. The quantitative estimate of drug-likeness (QED) is 0.924. The second kappa shape index (κ2) is 4.95. The van der Waals surface area contributed by atoms with Crippen molar-refractivity contribution in [1.29, 1.82) is 0 Å². The molecule has 1 rings (SSSR count). The standard InChI is InChI=1S/C11H19BrN2S/c1-11(2,14(3)4)10(13)6-9-5-8(12)7-15-9/h5,7,10H,6,13H2,1-4H3. The number of nitrogens with two attached hydrogens (primary N) is 1. The lowest BCUT2D eigenvalue weighted by molar-refractivity contribution is 0.158. The molecule has 0 spiro atoms. The fraction of sp³-hybridized carbons (Fsp3) is 0.636. The highest BCUT2D eigenvalue weighted by molar-refractivity contribution is 9.10. The first-order valence-corrected chi connectivity index (χ1v) is 6.67. The van der Waals surface area contributed by atoms with Crippen molar-refractivity contribution in [1.82, 2.24) is 4.90 Å². The van der Waals surface area contributed by atoms with E-state index in [0.717, 1.165) is 10.9 Å². The molecule has 0 amide bonds. The van der Waals surface area contributed by atoms with Crippen molar-refractivity contribution in [3.8, 4) is 0 Å². The van der Waals surface area contributed by atoms with Gasteiger partial charge in [-0.05, 0) is 56.4 Å². The van der Waals surface area contributed by atoms with Gasteiger partial charge in [-0.15, -0.1) is 11.3 Å². The Bertz CT molecular complexity index is 320. The van der Waals surface area contributed by atoms with Crippen molar-refractivity contribution >= 4 is 27.3 Å². The van der Waals surface area contributed by atoms with Crippen LogP contribution in [0.2, 0.25) is 0 Å². The van der Waals surface area contributed by atoms with Gasteiger partial charge in [-0.2, -0.15) is 0 Å². The van der Waals surface area contributed by atoms with Crippen LogP contribution in [0.1, 0.15) is 18.7 Å². The van der Waals surface area contributed by atoms with Gasteiger partial charge in [0.05, 0.1) is 0 Å². The molecule has 1 aromatic rings. The van der Waals surface area contributed by atoms with Crippen LogP contribution < -0.4 is 5.73 Å². The van der Waals surface area contributed by atoms with Crippen LogP contribution in [0.25, 0.3) is 0 Å². The molecule has 86 valence electrons. The Balaban J connectivity index is 2.67. The molecular weight excluding hydrogens is 272 g/mol. The van der Waals surface area contributed by atoms with Crippen LogP contribution >= 0.6 is 27.3 Å². The third-order valence-corrected chi connectivity index (χ3v) is 4.82. The van der Waals surface area contributed by atoms with E-state index in [1.165, 1.54) is 4.88 Å². The minimum absolute atomic E-state index is 0.0243. The second-order valence-electron chi connectivity index (χ2n) is 4.59. The SMILES string of the molecule is CN(C)C(C)(C)C(N)Cc1cc(Br)cs1. The first kappa shape index (κ1) is 13.2. The zero-order valence-corrected chi connectivity index (χ0v) is 12.2. The average molecular weight is 291 g/mol. The zero-order valence-electron chi connectivity index (χ0n) is 9.75. The third-order valence-electron chi connectivity index (χ3n) is 3.10. The fourth-order valence-corrected chi connectivity index (χ4v) is 2.77. The van der Waals surface area contributed by atoms with E-state index < -0.39 is 0 Å². The van der Waals surface area contributed by atoms with Crippen molar-refractivity contribution in [2.45, 2.75) is 31.8 Å². The molecule has 4 heteroatoms. The molecule has 0 fully saturated rings. The van der Waals surface area contributed by atoms with E-state index in [2.05, 4.69) is 60.2 Å². The highest BCUT2D eigenvalue weighted by Crippen LogP contribution is 2.24. The van der Waals surface area contributed by atoms with Crippen LogP contribution in [-0.4, -0.2) is 30.6 Å². The lowest BCUT2D eigenvalue weighted by atomic mass is 9.91. The normalized spacial score (nSPS) is 14.6. The minimum atomic E-state index is 0.0243. The van der Waals surface area contributed by atoms with Crippen LogP contribution in [-0.2, 0) is 6.42 Å². The van der Waals surface area contributed by atoms with Crippen LogP contribution in [0.15, 0.2) is 15.9 Å². The van der Waals surface area contributed by atoms with E-state index >= 15 is 0 Å². The van der Waals surface area contributed by atoms with E-state index in [-0.39, 0.29) is 11.6 Å². The van der Waals surface area contributed by atoms with Crippen molar-refractivity contribution in [3.63, 3.8) is 0 Å². The number of thiophene rings is 1. The van der Waals surface area contributed by atoms with Gasteiger partial charge in [-0.1, -0.05) is 0 Å². The molecule has 0 aliphatic rings. The van der Waals surface area contributed by atoms with Gasteiger partial charge >= 0.3 is 0 Å². The molecular formula is C11H19BrN2S. The van der Waals surface area contributed by atoms with E-state index in [9.17, 15) is 0 Å². The summed E-state index contributed by atoms with van der Waals surface area (Å²) in [5.74, 6) is 0. The number of rotatable bonds is 4. The summed E-state index contributed by atoms with van der Waals surface area (Å²) in [6, 6.07) is 2.30. The maximum absolute atomic E-state index is 6.24. The van der Waals surface area contributed by atoms with Crippen LogP contribution in [0.4, 0.5) is 0 Å². The Labute approximate surface area is 105 Å². The number of halogens is 1. The Morgan fingerprint density at radius 3 is 2.53 bits per heavy atom. The van der Waals surface area contributed by atoms with Crippen LogP contribution in [0, 0.1) is 0 Å². The van der Waals surface area contributed by atoms with Gasteiger partial charge < -0.3 is 10.6 Å². The monoisotopic (exact) mass is 290 g/mol. The lowest BCUT2D eigenvalue weighted by Gasteiger charge is -2.38. The summed E-state index contributed by atoms with van der Waals surface area (Å²) in [5, 5.41) is 2.10. The molecule has 2 N–H and O–H groups in total. The maximum atomic E-state index is 6.24. The molecule has 1 heterocycles.